The zero-order valence-electron chi connectivity index (χ0n) is 5.06. The van der Waals surface area contributed by atoms with Crippen molar-refractivity contribution in [2.45, 2.75) is 6.42 Å². The molecule has 8 heteroatoms. The van der Waals surface area contributed by atoms with Gasteiger partial charge in [-0.25, -0.2) is 4.79 Å². The van der Waals surface area contributed by atoms with Gasteiger partial charge in [0.1, 0.15) is 6.42 Å². The first-order chi connectivity index (χ1) is 4.99. The molecule has 1 N–H and O–H groups in total. The van der Waals surface area contributed by atoms with Gasteiger partial charge in [-0.2, -0.15) is 8.42 Å². The summed E-state index contributed by atoms with van der Waals surface area (Å²) in [6.07, 6.45) is -0.716. The maximum absolute atomic E-state index is 10.4. The zero-order chi connectivity index (χ0) is 8.48. The van der Waals surface area contributed by atoms with E-state index in [0.717, 1.165) is 0 Å². The number of carbonyl (C=O) groups is 2. The highest BCUT2D eigenvalue weighted by molar-refractivity contribution is 7.85. The number of hydrogen-bond acceptors (Lipinski definition) is 6. The Hall–Kier alpha value is -1.15. The van der Waals surface area contributed by atoms with Crippen LogP contribution < -0.4 is 4.89 Å². The minimum atomic E-state index is -4.24. The van der Waals surface area contributed by atoms with Crippen molar-refractivity contribution in [2.24, 2.45) is 0 Å². The molecule has 0 aromatic heterocycles. The van der Waals surface area contributed by atoms with E-state index in [1.54, 1.807) is 0 Å². The van der Waals surface area contributed by atoms with E-state index in [1.165, 1.54) is 4.89 Å². The van der Waals surface area contributed by atoms with E-state index in [-0.39, 0.29) is 0 Å². The summed E-state index contributed by atoms with van der Waals surface area (Å²) in [5.74, 6) is -2.17. The minimum Gasteiger partial charge on any atom is -0.352 e. The molecule has 0 saturated carbocycles. The fourth-order valence-corrected chi connectivity index (χ4v) is 0.953. The molecule has 0 aromatic rings. The highest BCUT2D eigenvalue weighted by Gasteiger charge is 2.26. The lowest BCUT2D eigenvalue weighted by Gasteiger charge is -1.96. The van der Waals surface area contributed by atoms with Crippen molar-refractivity contribution in [3.8, 4) is 0 Å². The smallest absolute Gasteiger partial charge is 0.352 e. The molecule has 0 aliphatic carbocycles. The fourth-order valence-electron chi connectivity index (χ4n) is 0.420. The first kappa shape index (κ1) is 7.95. The summed E-state index contributed by atoms with van der Waals surface area (Å²) in [5.41, 5.74) is 0. The van der Waals surface area contributed by atoms with Crippen LogP contribution in [0, 0.1) is 0 Å². The maximum Gasteiger partial charge on any atom is 0.416 e. The zero-order valence-corrected chi connectivity index (χ0v) is 5.88. The first-order valence-corrected chi connectivity index (χ1v) is 3.84. The molecule has 11 heavy (non-hydrogen) atoms. The number of carbonyl (C=O) groups excluding carboxylic acids is 2. The Bertz CT molecular complexity index is 291. The van der Waals surface area contributed by atoms with Crippen molar-refractivity contribution in [3.05, 3.63) is 0 Å². The standard InChI is InChI=1S/C3H3NO6S/c5-2-1-3(6)10-11(7,8)4-9-2/h4H,1H2. The second kappa shape index (κ2) is 2.47. The third-order valence-electron chi connectivity index (χ3n) is 0.749. The van der Waals surface area contributed by atoms with E-state index in [9.17, 15) is 18.0 Å². The Morgan fingerprint density at radius 1 is 1.27 bits per heavy atom. The van der Waals surface area contributed by atoms with Gasteiger partial charge in [0.25, 0.3) is 0 Å². The van der Waals surface area contributed by atoms with Gasteiger partial charge in [0.2, 0.25) is 0 Å². The Balaban J connectivity index is 2.85. The molecule has 0 radical (unpaired) electrons. The van der Waals surface area contributed by atoms with Crippen LogP contribution >= 0.6 is 0 Å². The molecule has 1 fully saturated rings. The Labute approximate surface area is 61.5 Å². The predicted molar refractivity (Wildman–Crippen MR) is 28.9 cm³/mol. The second-order valence-corrected chi connectivity index (χ2v) is 2.89. The maximum atomic E-state index is 10.4. The van der Waals surface area contributed by atoms with E-state index >= 15 is 0 Å². The van der Waals surface area contributed by atoms with Crippen LogP contribution in [0.4, 0.5) is 0 Å². The van der Waals surface area contributed by atoms with Crippen LogP contribution in [-0.4, -0.2) is 20.4 Å². The van der Waals surface area contributed by atoms with Crippen molar-refractivity contribution >= 4 is 22.2 Å². The molecule has 7 nitrogen and oxygen atoms in total. The minimum absolute atomic E-state index is 0.716. The normalized spacial score (nSPS) is 23.3. The van der Waals surface area contributed by atoms with Gasteiger partial charge in [0, 0.05) is 0 Å². The molecule has 0 unspecified atom stereocenters. The molecule has 0 atom stereocenters. The van der Waals surface area contributed by atoms with Crippen molar-refractivity contribution < 1.29 is 27.0 Å². The quantitative estimate of drug-likeness (QED) is 0.444. The number of hydrogen-bond donors (Lipinski definition) is 1. The van der Waals surface area contributed by atoms with Gasteiger partial charge in [-0.1, -0.05) is 0 Å². The predicted octanol–water partition coefficient (Wildman–Crippen LogP) is -1.77. The first-order valence-electron chi connectivity index (χ1n) is 2.43. The van der Waals surface area contributed by atoms with E-state index < -0.39 is 28.7 Å². The summed E-state index contributed by atoms with van der Waals surface area (Å²) in [6, 6.07) is 0. The molecule has 1 aliphatic rings. The summed E-state index contributed by atoms with van der Waals surface area (Å²) < 4.78 is 24.5. The van der Waals surface area contributed by atoms with Gasteiger partial charge in [0.15, 0.2) is 0 Å². The molecule has 1 aliphatic heterocycles. The topological polar surface area (TPSA) is 98.8 Å². The summed E-state index contributed by atoms with van der Waals surface area (Å²) in [7, 11) is -4.24. The summed E-state index contributed by atoms with van der Waals surface area (Å²) in [5, 5.41) is 0. The number of nitrogens with one attached hydrogen (secondary N) is 1. The van der Waals surface area contributed by atoms with E-state index in [4.69, 9.17) is 0 Å². The Morgan fingerprint density at radius 2 is 1.91 bits per heavy atom. The van der Waals surface area contributed by atoms with Crippen LogP contribution in [0.15, 0.2) is 0 Å². The highest BCUT2D eigenvalue weighted by atomic mass is 32.2. The molecule has 0 amide bonds. The lowest BCUT2D eigenvalue weighted by molar-refractivity contribution is -0.149. The highest BCUT2D eigenvalue weighted by Crippen LogP contribution is 1.99. The van der Waals surface area contributed by atoms with Crippen LogP contribution in [0.1, 0.15) is 6.42 Å². The molecular formula is C3H3NO6S. The summed E-state index contributed by atoms with van der Waals surface area (Å²) in [6.45, 7) is 0. The molecule has 0 aromatic carbocycles. The molecule has 1 heterocycles. The average Bonchev–Trinajstić information content (AvgIpc) is 1.90. The summed E-state index contributed by atoms with van der Waals surface area (Å²) >= 11 is 0. The number of rotatable bonds is 0. The largest absolute Gasteiger partial charge is 0.416 e. The van der Waals surface area contributed by atoms with Gasteiger partial charge in [0.05, 0.1) is 0 Å². The van der Waals surface area contributed by atoms with Crippen molar-refractivity contribution in [1.29, 1.82) is 0 Å². The van der Waals surface area contributed by atoms with Crippen LogP contribution in [0.5, 0.6) is 0 Å². The van der Waals surface area contributed by atoms with Gasteiger partial charge in [-0.05, 0) is 4.89 Å². The molecular weight excluding hydrogens is 178 g/mol. The van der Waals surface area contributed by atoms with Crippen molar-refractivity contribution in [2.75, 3.05) is 0 Å². The Morgan fingerprint density at radius 3 is 2.55 bits per heavy atom. The molecule has 62 valence electrons. The molecule has 1 rings (SSSR count). The van der Waals surface area contributed by atoms with Crippen LogP contribution in [0.2, 0.25) is 0 Å². The van der Waals surface area contributed by atoms with Crippen LogP contribution in [0.3, 0.4) is 0 Å². The average molecular weight is 181 g/mol. The van der Waals surface area contributed by atoms with Gasteiger partial charge in [-0.15, -0.1) is 0 Å². The van der Waals surface area contributed by atoms with E-state index in [1.807, 2.05) is 0 Å². The SMILES string of the molecule is O=C1CC(=O)OS(=O)(=O)NO1. The third-order valence-corrected chi connectivity index (χ3v) is 1.44. The van der Waals surface area contributed by atoms with Gasteiger partial charge in [-0.3, -0.25) is 4.79 Å². The van der Waals surface area contributed by atoms with E-state index in [2.05, 4.69) is 9.02 Å². The Kier molecular flexibility index (Phi) is 1.79. The van der Waals surface area contributed by atoms with Crippen LogP contribution in [-0.2, 0) is 28.9 Å². The van der Waals surface area contributed by atoms with Crippen molar-refractivity contribution in [3.63, 3.8) is 0 Å². The summed E-state index contributed by atoms with van der Waals surface area (Å²) in [4.78, 5) is 25.8. The third kappa shape index (κ3) is 2.16. The van der Waals surface area contributed by atoms with Gasteiger partial charge < -0.3 is 9.02 Å². The van der Waals surface area contributed by atoms with Gasteiger partial charge >= 0.3 is 22.2 Å². The van der Waals surface area contributed by atoms with E-state index in [0.29, 0.717) is 0 Å². The van der Waals surface area contributed by atoms with Crippen LogP contribution in [0.25, 0.3) is 0 Å². The van der Waals surface area contributed by atoms with Crippen molar-refractivity contribution in [1.82, 2.24) is 4.89 Å². The monoisotopic (exact) mass is 181 g/mol. The lowest BCUT2D eigenvalue weighted by Crippen LogP contribution is -2.25. The molecule has 1 saturated heterocycles. The fraction of sp³-hybridized carbons (Fsp3) is 0.333. The second-order valence-electron chi connectivity index (χ2n) is 1.64. The lowest BCUT2D eigenvalue weighted by atomic mass is 10.5. The molecule has 0 spiro atoms. The molecule has 0 bridgehead atoms.